The second-order valence-electron chi connectivity index (χ2n) is 6.85. The van der Waals surface area contributed by atoms with Crippen molar-refractivity contribution in [3.8, 4) is 0 Å². The molecular formula is C20H43O3P. The number of hydrogen-bond donors (Lipinski definition) is 1. The van der Waals surface area contributed by atoms with Crippen LogP contribution in [0.15, 0.2) is 0 Å². The molecule has 0 aromatic heterocycles. The zero-order valence-corrected chi connectivity index (χ0v) is 17.3. The van der Waals surface area contributed by atoms with Crippen LogP contribution in [0, 0.1) is 0 Å². The Morgan fingerprint density at radius 1 is 0.500 bits per heavy atom. The van der Waals surface area contributed by atoms with Gasteiger partial charge in [0.05, 0.1) is 13.2 Å². The lowest BCUT2D eigenvalue weighted by Gasteiger charge is -2.10. The van der Waals surface area contributed by atoms with Gasteiger partial charge in [-0.15, -0.1) is 0 Å². The van der Waals surface area contributed by atoms with E-state index < -0.39 is 8.60 Å². The zero-order valence-electron chi connectivity index (χ0n) is 16.4. The first kappa shape index (κ1) is 24.3. The molecule has 0 aliphatic rings. The maximum absolute atomic E-state index is 9.50. The fourth-order valence-corrected chi connectivity index (χ4v) is 3.41. The average Bonchev–Trinajstić information content (AvgIpc) is 2.58. The molecule has 0 saturated carbocycles. The zero-order chi connectivity index (χ0) is 17.7. The quantitative estimate of drug-likeness (QED) is 0.180. The van der Waals surface area contributed by atoms with Crippen molar-refractivity contribution in [1.82, 2.24) is 0 Å². The Labute approximate surface area is 152 Å². The van der Waals surface area contributed by atoms with Gasteiger partial charge in [0.25, 0.3) is 0 Å². The Hall–Kier alpha value is 0.310. The third kappa shape index (κ3) is 20.4. The van der Waals surface area contributed by atoms with Crippen molar-refractivity contribution in [2.45, 2.75) is 117 Å². The van der Waals surface area contributed by atoms with Crippen LogP contribution in [0.25, 0.3) is 0 Å². The molecule has 0 aliphatic heterocycles. The van der Waals surface area contributed by atoms with Gasteiger partial charge in [0.15, 0.2) is 0 Å². The second-order valence-corrected chi connectivity index (χ2v) is 7.85. The van der Waals surface area contributed by atoms with Gasteiger partial charge in [-0.2, -0.15) is 0 Å². The van der Waals surface area contributed by atoms with Crippen LogP contribution in [-0.2, 0) is 9.05 Å². The molecule has 4 heteroatoms. The molecule has 1 unspecified atom stereocenters. The molecule has 0 rings (SSSR count). The van der Waals surface area contributed by atoms with Gasteiger partial charge in [-0.05, 0) is 12.8 Å². The molecular weight excluding hydrogens is 319 g/mol. The van der Waals surface area contributed by atoms with Crippen LogP contribution in [0.4, 0.5) is 0 Å². The highest BCUT2D eigenvalue weighted by Crippen LogP contribution is 2.33. The van der Waals surface area contributed by atoms with Crippen LogP contribution < -0.4 is 0 Å². The highest BCUT2D eigenvalue weighted by molar-refractivity contribution is 7.40. The van der Waals surface area contributed by atoms with Crippen molar-refractivity contribution in [3.05, 3.63) is 0 Å². The predicted octanol–water partition coefficient (Wildman–Crippen LogP) is 7.52. The summed E-state index contributed by atoms with van der Waals surface area (Å²) in [5, 5.41) is 0. The van der Waals surface area contributed by atoms with Gasteiger partial charge < -0.3 is 13.9 Å². The van der Waals surface area contributed by atoms with Crippen molar-refractivity contribution < 1.29 is 13.9 Å². The largest absolute Gasteiger partial charge is 0.329 e. The number of hydrogen-bond acceptors (Lipinski definition) is 3. The van der Waals surface area contributed by atoms with Gasteiger partial charge in [-0.3, -0.25) is 0 Å². The lowest BCUT2D eigenvalue weighted by Crippen LogP contribution is -1.95. The summed E-state index contributed by atoms with van der Waals surface area (Å²) in [4.78, 5) is 9.50. The SMILES string of the molecule is CCCCCCCCCCCCCCCCOP(O)OCCCC. The Bertz CT molecular complexity index is 227. The second kappa shape index (κ2) is 21.4. The van der Waals surface area contributed by atoms with E-state index in [4.69, 9.17) is 9.05 Å². The Balaban J connectivity index is 3.05. The molecule has 1 N–H and O–H groups in total. The average molecular weight is 363 g/mol. The van der Waals surface area contributed by atoms with E-state index in [9.17, 15) is 4.89 Å². The minimum Gasteiger partial charge on any atom is -0.328 e. The third-order valence-corrected chi connectivity index (χ3v) is 5.21. The van der Waals surface area contributed by atoms with Gasteiger partial charge in [0, 0.05) is 0 Å². The van der Waals surface area contributed by atoms with E-state index in [-0.39, 0.29) is 0 Å². The Kier molecular flexibility index (Phi) is 21.6. The normalized spacial score (nSPS) is 12.6. The molecule has 0 fully saturated rings. The van der Waals surface area contributed by atoms with E-state index in [1.165, 1.54) is 83.5 Å². The van der Waals surface area contributed by atoms with Crippen LogP contribution in [0.5, 0.6) is 0 Å². The third-order valence-electron chi connectivity index (χ3n) is 4.40. The monoisotopic (exact) mass is 362 g/mol. The summed E-state index contributed by atoms with van der Waals surface area (Å²) in [5.74, 6) is 0. The topological polar surface area (TPSA) is 38.7 Å². The Morgan fingerprint density at radius 3 is 1.25 bits per heavy atom. The lowest BCUT2D eigenvalue weighted by atomic mass is 10.0. The van der Waals surface area contributed by atoms with Crippen LogP contribution in [0.3, 0.4) is 0 Å². The molecule has 0 spiro atoms. The van der Waals surface area contributed by atoms with E-state index in [1.54, 1.807) is 0 Å². The predicted molar refractivity (Wildman–Crippen MR) is 106 cm³/mol. The molecule has 0 bridgehead atoms. The molecule has 0 heterocycles. The highest BCUT2D eigenvalue weighted by Gasteiger charge is 2.05. The van der Waals surface area contributed by atoms with Gasteiger partial charge in [0.1, 0.15) is 0 Å². The summed E-state index contributed by atoms with van der Waals surface area (Å²) >= 11 is 0. The summed E-state index contributed by atoms with van der Waals surface area (Å²) in [6.07, 6.45) is 21.1. The van der Waals surface area contributed by atoms with Crippen molar-refractivity contribution >= 4 is 8.60 Å². The van der Waals surface area contributed by atoms with E-state index in [1.807, 2.05) is 0 Å². The summed E-state index contributed by atoms with van der Waals surface area (Å²) in [5.41, 5.74) is 0. The fourth-order valence-electron chi connectivity index (χ4n) is 2.76. The molecule has 3 nitrogen and oxygen atoms in total. The Morgan fingerprint density at radius 2 is 0.833 bits per heavy atom. The standard InChI is InChI=1S/C20H43O3P/c1-3-5-7-8-9-10-11-12-13-14-15-16-17-18-20-23-24(21)22-19-6-4-2/h21H,3-20H2,1-2H3. The molecule has 0 amide bonds. The highest BCUT2D eigenvalue weighted by atomic mass is 31.2. The van der Waals surface area contributed by atoms with E-state index in [0.717, 1.165) is 19.3 Å². The first-order chi connectivity index (χ1) is 11.8. The lowest BCUT2D eigenvalue weighted by molar-refractivity contribution is 0.195. The molecule has 0 saturated heterocycles. The van der Waals surface area contributed by atoms with Gasteiger partial charge in [0.2, 0.25) is 0 Å². The maximum Gasteiger partial charge on any atom is 0.329 e. The van der Waals surface area contributed by atoms with Crippen molar-refractivity contribution in [3.63, 3.8) is 0 Å². The summed E-state index contributed by atoms with van der Waals surface area (Å²) in [7, 11) is -1.63. The van der Waals surface area contributed by atoms with Gasteiger partial charge >= 0.3 is 8.60 Å². The molecule has 0 aromatic rings. The summed E-state index contributed by atoms with van der Waals surface area (Å²) in [6.45, 7) is 5.63. The smallest absolute Gasteiger partial charge is 0.328 e. The minimum absolute atomic E-state index is 0.609. The van der Waals surface area contributed by atoms with Crippen LogP contribution in [0.2, 0.25) is 0 Å². The van der Waals surface area contributed by atoms with Crippen molar-refractivity contribution in [2.24, 2.45) is 0 Å². The van der Waals surface area contributed by atoms with E-state index in [2.05, 4.69) is 13.8 Å². The van der Waals surface area contributed by atoms with Gasteiger partial charge in [-0.1, -0.05) is 104 Å². The van der Waals surface area contributed by atoms with Crippen molar-refractivity contribution in [2.75, 3.05) is 13.2 Å². The first-order valence-corrected chi connectivity index (χ1v) is 11.7. The molecule has 0 aliphatic carbocycles. The van der Waals surface area contributed by atoms with E-state index in [0.29, 0.717) is 13.2 Å². The molecule has 0 aromatic carbocycles. The van der Waals surface area contributed by atoms with Crippen LogP contribution in [0.1, 0.15) is 117 Å². The van der Waals surface area contributed by atoms with Crippen LogP contribution in [-0.4, -0.2) is 18.1 Å². The number of unbranched alkanes of at least 4 members (excludes halogenated alkanes) is 14. The molecule has 24 heavy (non-hydrogen) atoms. The summed E-state index contributed by atoms with van der Waals surface area (Å²) < 4.78 is 10.5. The van der Waals surface area contributed by atoms with Gasteiger partial charge in [-0.25, -0.2) is 0 Å². The minimum atomic E-state index is -1.63. The fraction of sp³-hybridized carbons (Fsp3) is 1.00. The van der Waals surface area contributed by atoms with Crippen molar-refractivity contribution in [1.29, 1.82) is 0 Å². The van der Waals surface area contributed by atoms with Crippen LogP contribution >= 0.6 is 8.60 Å². The first-order valence-electron chi connectivity index (χ1n) is 10.6. The maximum atomic E-state index is 9.50. The molecule has 1 atom stereocenters. The molecule has 146 valence electrons. The summed E-state index contributed by atoms with van der Waals surface area (Å²) in [6, 6.07) is 0. The van der Waals surface area contributed by atoms with E-state index >= 15 is 0 Å². The molecule has 0 radical (unpaired) electrons. The number of rotatable bonds is 20.